The molecule has 0 aromatic heterocycles. The van der Waals surface area contributed by atoms with Crippen LogP contribution in [0.4, 0.5) is 0 Å². The summed E-state index contributed by atoms with van der Waals surface area (Å²) in [5.41, 5.74) is 0. The first-order valence-corrected chi connectivity index (χ1v) is 9.37. The second kappa shape index (κ2) is 8.22. The molecular formula is C14H30N2O2S. The molecule has 1 unspecified atom stereocenters. The number of hydrogen-bond donors (Lipinski definition) is 2. The van der Waals surface area contributed by atoms with Crippen LogP contribution in [-0.2, 0) is 10.0 Å². The van der Waals surface area contributed by atoms with Gasteiger partial charge in [0.1, 0.15) is 0 Å². The Morgan fingerprint density at radius 2 is 1.79 bits per heavy atom. The summed E-state index contributed by atoms with van der Waals surface area (Å²) in [5.74, 6) is 0.690. The fourth-order valence-electron chi connectivity index (χ4n) is 2.44. The summed E-state index contributed by atoms with van der Waals surface area (Å²) >= 11 is 0. The zero-order valence-electron chi connectivity index (χ0n) is 12.6. The van der Waals surface area contributed by atoms with Gasteiger partial charge in [0.15, 0.2) is 0 Å². The summed E-state index contributed by atoms with van der Waals surface area (Å²) in [4.78, 5) is 0. The molecular weight excluding hydrogens is 260 g/mol. The summed E-state index contributed by atoms with van der Waals surface area (Å²) in [6.07, 6.45) is 6.29. The Morgan fingerprint density at radius 1 is 1.16 bits per heavy atom. The topological polar surface area (TPSA) is 58.2 Å². The molecule has 5 heteroatoms. The fraction of sp³-hybridized carbons (Fsp3) is 1.00. The zero-order valence-corrected chi connectivity index (χ0v) is 13.4. The highest BCUT2D eigenvalue weighted by Gasteiger charge is 2.21. The maximum atomic E-state index is 12.0. The van der Waals surface area contributed by atoms with Gasteiger partial charge in [0.25, 0.3) is 0 Å². The summed E-state index contributed by atoms with van der Waals surface area (Å²) in [6, 6.07) is 0.759. The third-order valence-corrected chi connectivity index (χ3v) is 5.53. The lowest BCUT2D eigenvalue weighted by Gasteiger charge is -2.22. The van der Waals surface area contributed by atoms with Crippen molar-refractivity contribution in [1.29, 1.82) is 0 Å². The molecule has 0 radical (unpaired) electrons. The number of sulfonamides is 1. The lowest BCUT2D eigenvalue weighted by atomic mass is 9.96. The molecule has 0 aliphatic heterocycles. The van der Waals surface area contributed by atoms with Crippen LogP contribution in [0.25, 0.3) is 0 Å². The largest absolute Gasteiger partial charge is 0.314 e. The molecule has 0 saturated heterocycles. The van der Waals surface area contributed by atoms with Gasteiger partial charge in [-0.1, -0.05) is 26.7 Å². The van der Waals surface area contributed by atoms with E-state index < -0.39 is 10.0 Å². The van der Waals surface area contributed by atoms with Crippen LogP contribution in [0.3, 0.4) is 0 Å². The smallest absolute Gasteiger partial charge is 0.211 e. The molecule has 1 aliphatic rings. The Bertz CT molecular complexity index is 335. The fourth-order valence-corrected chi connectivity index (χ4v) is 3.91. The van der Waals surface area contributed by atoms with Crippen molar-refractivity contribution in [3.05, 3.63) is 0 Å². The van der Waals surface area contributed by atoms with E-state index in [1.165, 1.54) is 12.8 Å². The Balaban J connectivity index is 2.18. The molecule has 4 nitrogen and oxygen atoms in total. The van der Waals surface area contributed by atoms with Crippen molar-refractivity contribution in [1.82, 2.24) is 10.0 Å². The Kier molecular flexibility index (Phi) is 7.32. The van der Waals surface area contributed by atoms with Gasteiger partial charge in [-0.2, -0.15) is 0 Å². The number of rotatable bonds is 11. The molecule has 0 bridgehead atoms. The van der Waals surface area contributed by atoms with Crippen molar-refractivity contribution in [2.24, 2.45) is 5.92 Å². The molecule has 1 rings (SSSR count). The van der Waals surface area contributed by atoms with Crippen LogP contribution in [-0.4, -0.2) is 32.8 Å². The second-order valence-corrected chi connectivity index (χ2v) is 7.61. The van der Waals surface area contributed by atoms with Gasteiger partial charge < -0.3 is 5.32 Å². The van der Waals surface area contributed by atoms with Crippen LogP contribution in [0.1, 0.15) is 59.3 Å². The minimum absolute atomic E-state index is 0.0459. The lowest BCUT2D eigenvalue weighted by molar-refractivity contribution is 0.390. The van der Waals surface area contributed by atoms with Crippen LogP contribution < -0.4 is 10.0 Å². The molecule has 0 heterocycles. The molecule has 1 saturated carbocycles. The van der Waals surface area contributed by atoms with Gasteiger partial charge >= 0.3 is 0 Å². The number of unbranched alkanes of at least 4 members (excludes halogenated alkanes) is 1. The van der Waals surface area contributed by atoms with Crippen molar-refractivity contribution >= 4 is 10.0 Å². The van der Waals surface area contributed by atoms with E-state index in [1.807, 2.05) is 6.92 Å². The molecule has 114 valence electrons. The third-order valence-electron chi connectivity index (χ3n) is 3.97. The predicted octanol–water partition coefficient (Wildman–Crippen LogP) is 2.26. The normalized spacial score (nSPS) is 17.9. The highest BCUT2D eigenvalue weighted by atomic mass is 32.2. The zero-order chi connectivity index (χ0) is 14.3. The average molecular weight is 290 g/mol. The highest BCUT2D eigenvalue weighted by Crippen LogP contribution is 2.18. The molecule has 0 aromatic carbocycles. The van der Waals surface area contributed by atoms with Gasteiger partial charge in [-0.3, -0.25) is 0 Å². The van der Waals surface area contributed by atoms with Gasteiger partial charge in [-0.15, -0.1) is 0 Å². The SMILES string of the molecule is CCC(CC)C(C)NS(=O)(=O)CCCCNC1CC1. The van der Waals surface area contributed by atoms with E-state index in [0.717, 1.165) is 32.2 Å². The number of nitrogens with one attached hydrogen (secondary N) is 2. The molecule has 2 N–H and O–H groups in total. The quantitative estimate of drug-likeness (QED) is 0.574. The maximum Gasteiger partial charge on any atom is 0.211 e. The maximum absolute atomic E-state index is 12.0. The van der Waals surface area contributed by atoms with Gasteiger partial charge in [-0.25, -0.2) is 13.1 Å². The van der Waals surface area contributed by atoms with Crippen molar-refractivity contribution < 1.29 is 8.42 Å². The van der Waals surface area contributed by atoms with E-state index in [9.17, 15) is 8.42 Å². The van der Waals surface area contributed by atoms with Crippen LogP contribution in [0.15, 0.2) is 0 Å². The molecule has 1 aliphatic carbocycles. The molecule has 0 amide bonds. The van der Waals surface area contributed by atoms with E-state index >= 15 is 0 Å². The highest BCUT2D eigenvalue weighted by molar-refractivity contribution is 7.89. The van der Waals surface area contributed by atoms with Crippen molar-refractivity contribution in [3.63, 3.8) is 0 Å². The van der Waals surface area contributed by atoms with Crippen molar-refractivity contribution in [2.75, 3.05) is 12.3 Å². The predicted molar refractivity (Wildman–Crippen MR) is 80.7 cm³/mol. The first-order valence-electron chi connectivity index (χ1n) is 7.71. The molecule has 0 spiro atoms. The second-order valence-electron chi connectivity index (χ2n) is 5.74. The third kappa shape index (κ3) is 7.28. The standard InChI is InChI=1S/C14H30N2O2S/c1-4-13(5-2)12(3)16-19(17,18)11-7-6-10-15-14-8-9-14/h12-16H,4-11H2,1-3H3. The minimum atomic E-state index is -3.11. The van der Waals surface area contributed by atoms with E-state index in [0.29, 0.717) is 12.0 Å². The summed E-state index contributed by atoms with van der Waals surface area (Å²) in [7, 11) is -3.11. The Hall–Kier alpha value is -0.130. The molecule has 1 fully saturated rings. The minimum Gasteiger partial charge on any atom is -0.314 e. The van der Waals surface area contributed by atoms with E-state index in [4.69, 9.17) is 0 Å². The van der Waals surface area contributed by atoms with Crippen LogP contribution in [0.2, 0.25) is 0 Å². The van der Waals surface area contributed by atoms with Crippen LogP contribution in [0.5, 0.6) is 0 Å². The van der Waals surface area contributed by atoms with Gasteiger partial charge in [-0.05, 0) is 45.1 Å². The van der Waals surface area contributed by atoms with Crippen molar-refractivity contribution in [3.8, 4) is 0 Å². The van der Waals surface area contributed by atoms with Gasteiger partial charge in [0, 0.05) is 12.1 Å². The van der Waals surface area contributed by atoms with E-state index in [2.05, 4.69) is 23.9 Å². The monoisotopic (exact) mass is 290 g/mol. The molecule has 0 aromatic rings. The first-order chi connectivity index (χ1) is 8.98. The van der Waals surface area contributed by atoms with Crippen LogP contribution in [0, 0.1) is 5.92 Å². The van der Waals surface area contributed by atoms with Crippen molar-refractivity contribution in [2.45, 2.75) is 71.4 Å². The summed E-state index contributed by atoms with van der Waals surface area (Å²) < 4.78 is 26.7. The average Bonchev–Trinajstić information content (AvgIpc) is 3.13. The van der Waals surface area contributed by atoms with Gasteiger partial charge in [0.05, 0.1) is 5.75 Å². The van der Waals surface area contributed by atoms with Crippen LogP contribution >= 0.6 is 0 Å². The number of hydrogen-bond acceptors (Lipinski definition) is 3. The van der Waals surface area contributed by atoms with E-state index in [1.54, 1.807) is 0 Å². The molecule has 1 atom stereocenters. The Labute approximate surface area is 118 Å². The summed E-state index contributed by atoms with van der Waals surface area (Å²) in [6.45, 7) is 7.15. The lowest BCUT2D eigenvalue weighted by Crippen LogP contribution is -2.39. The Morgan fingerprint density at radius 3 is 2.32 bits per heavy atom. The first kappa shape index (κ1) is 16.9. The molecule has 19 heavy (non-hydrogen) atoms. The van der Waals surface area contributed by atoms with E-state index in [-0.39, 0.29) is 11.8 Å². The summed E-state index contributed by atoms with van der Waals surface area (Å²) in [5, 5.41) is 3.40. The van der Waals surface area contributed by atoms with Gasteiger partial charge in [0.2, 0.25) is 10.0 Å².